The van der Waals surface area contributed by atoms with Crippen LogP contribution in [0.15, 0.2) is 24.3 Å². The van der Waals surface area contributed by atoms with Gasteiger partial charge in [-0.2, -0.15) is 0 Å². The second-order valence-electron chi connectivity index (χ2n) is 5.57. The van der Waals surface area contributed by atoms with Crippen LogP contribution in [0.4, 0.5) is 5.69 Å². The Hall–Kier alpha value is -1.39. The quantitative estimate of drug-likeness (QED) is 0.900. The molecule has 1 aromatic carbocycles. The van der Waals surface area contributed by atoms with Gasteiger partial charge in [0.05, 0.1) is 18.1 Å². The lowest BCUT2D eigenvalue weighted by Gasteiger charge is -2.34. The van der Waals surface area contributed by atoms with Crippen molar-refractivity contribution >= 4 is 11.6 Å². The lowest BCUT2D eigenvalue weighted by molar-refractivity contribution is -0.124. The number of ether oxygens (including phenoxy) is 1. The summed E-state index contributed by atoms with van der Waals surface area (Å²) in [5.41, 5.74) is 1.72. The molecule has 1 fully saturated rings. The minimum absolute atomic E-state index is 0.0386. The minimum atomic E-state index is -0.461. The van der Waals surface area contributed by atoms with Crippen molar-refractivity contribution < 1.29 is 14.6 Å². The largest absolute Gasteiger partial charge is 0.388 e. The fraction of sp³-hybridized carbons (Fsp3) is 0.562. The Labute approximate surface area is 119 Å². The van der Waals surface area contributed by atoms with Crippen molar-refractivity contribution in [3.8, 4) is 0 Å². The Bertz CT molecular complexity index is 502. The fourth-order valence-electron chi connectivity index (χ4n) is 3.30. The number of hydrogen-bond acceptors (Lipinski definition) is 3. The molecule has 4 nitrogen and oxygen atoms in total. The van der Waals surface area contributed by atoms with Gasteiger partial charge < -0.3 is 14.7 Å². The van der Waals surface area contributed by atoms with Crippen molar-refractivity contribution in [2.24, 2.45) is 5.92 Å². The molecule has 2 aliphatic rings. The molecule has 0 bridgehead atoms. The van der Waals surface area contributed by atoms with Crippen molar-refractivity contribution in [2.45, 2.75) is 38.4 Å². The standard InChI is InChI=1S/C16H21NO3/c1-2-15-12(8-10-20-15)16(19)17-9-7-14(18)11-5-3-4-6-13(11)17/h3-6,12,14-15,18H,2,7-10H2,1H3. The van der Waals surface area contributed by atoms with Gasteiger partial charge in [-0.15, -0.1) is 0 Å². The third-order valence-electron chi connectivity index (χ3n) is 4.41. The Morgan fingerprint density at radius 3 is 3.00 bits per heavy atom. The van der Waals surface area contributed by atoms with Gasteiger partial charge in [-0.1, -0.05) is 25.1 Å². The van der Waals surface area contributed by atoms with Crippen LogP contribution in [0.2, 0.25) is 0 Å². The highest BCUT2D eigenvalue weighted by Crippen LogP contribution is 2.36. The van der Waals surface area contributed by atoms with E-state index in [1.165, 1.54) is 0 Å². The summed E-state index contributed by atoms with van der Waals surface area (Å²) in [6.07, 6.45) is 1.86. The summed E-state index contributed by atoms with van der Waals surface area (Å²) in [6, 6.07) is 7.65. The molecule has 0 radical (unpaired) electrons. The Balaban J connectivity index is 1.88. The molecular formula is C16H21NO3. The number of aliphatic hydroxyl groups is 1. The lowest BCUT2D eigenvalue weighted by atomic mass is 9.94. The number of nitrogens with zero attached hydrogens (tertiary/aromatic N) is 1. The molecule has 2 heterocycles. The predicted octanol–water partition coefficient (Wildman–Crippen LogP) is 2.27. The van der Waals surface area contributed by atoms with Gasteiger partial charge >= 0.3 is 0 Å². The van der Waals surface area contributed by atoms with Crippen LogP contribution in [-0.4, -0.2) is 30.3 Å². The Morgan fingerprint density at radius 1 is 1.40 bits per heavy atom. The Morgan fingerprint density at radius 2 is 2.20 bits per heavy atom. The summed E-state index contributed by atoms with van der Waals surface area (Å²) >= 11 is 0. The summed E-state index contributed by atoms with van der Waals surface area (Å²) in [7, 11) is 0. The molecule has 0 aliphatic carbocycles. The highest BCUT2D eigenvalue weighted by molar-refractivity contribution is 5.96. The minimum Gasteiger partial charge on any atom is -0.388 e. The number of amides is 1. The van der Waals surface area contributed by atoms with E-state index in [1.807, 2.05) is 29.2 Å². The van der Waals surface area contributed by atoms with Crippen molar-refractivity contribution in [3.63, 3.8) is 0 Å². The molecule has 20 heavy (non-hydrogen) atoms. The molecule has 4 heteroatoms. The molecule has 1 N–H and O–H groups in total. The second kappa shape index (κ2) is 5.54. The number of benzene rings is 1. The molecule has 2 aliphatic heterocycles. The van der Waals surface area contributed by atoms with E-state index in [0.29, 0.717) is 19.6 Å². The van der Waals surface area contributed by atoms with E-state index >= 15 is 0 Å². The molecule has 0 aromatic heterocycles. The topological polar surface area (TPSA) is 49.8 Å². The monoisotopic (exact) mass is 275 g/mol. The molecule has 3 atom stereocenters. The third-order valence-corrected chi connectivity index (χ3v) is 4.41. The van der Waals surface area contributed by atoms with E-state index in [-0.39, 0.29) is 17.9 Å². The van der Waals surface area contributed by atoms with Crippen LogP contribution in [0.3, 0.4) is 0 Å². The summed E-state index contributed by atoms with van der Waals surface area (Å²) in [4.78, 5) is 14.6. The molecular weight excluding hydrogens is 254 g/mol. The normalized spacial score (nSPS) is 29.3. The van der Waals surface area contributed by atoms with Gasteiger partial charge in [0, 0.05) is 24.4 Å². The molecule has 0 saturated carbocycles. The van der Waals surface area contributed by atoms with E-state index in [9.17, 15) is 9.90 Å². The number of rotatable bonds is 2. The van der Waals surface area contributed by atoms with Crippen LogP contribution in [-0.2, 0) is 9.53 Å². The van der Waals surface area contributed by atoms with Gasteiger partial charge in [0.15, 0.2) is 0 Å². The van der Waals surface area contributed by atoms with E-state index in [1.54, 1.807) is 0 Å². The molecule has 1 amide bonds. The van der Waals surface area contributed by atoms with Crippen molar-refractivity contribution in [1.29, 1.82) is 0 Å². The van der Waals surface area contributed by atoms with Gasteiger partial charge in [0.2, 0.25) is 5.91 Å². The fourth-order valence-corrected chi connectivity index (χ4v) is 3.30. The van der Waals surface area contributed by atoms with Gasteiger partial charge in [0.25, 0.3) is 0 Å². The number of fused-ring (bicyclic) bond motifs is 1. The maximum atomic E-state index is 12.8. The molecule has 3 rings (SSSR count). The highest BCUT2D eigenvalue weighted by atomic mass is 16.5. The zero-order valence-electron chi connectivity index (χ0n) is 11.8. The number of hydrogen-bond donors (Lipinski definition) is 1. The molecule has 108 valence electrons. The number of aliphatic hydroxyl groups excluding tert-OH is 1. The highest BCUT2D eigenvalue weighted by Gasteiger charge is 2.38. The number of para-hydroxylation sites is 1. The zero-order valence-corrected chi connectivity index (χ0v) is 11.8. The first-order valence-corrected chi connectivity index (χ1v) is 7.42. The third kappa shape index (κ3) is 2.23. The van der Waals surface area contributed by atoms with Crippen LogP contribution in [0, 0.1) is 5.92 Å². The van der Waals surface area contributed by atoms with Crippen molar-refractivity contribution in [3.05, 3.63) is 29.8 Å². The average molecular weight is 275 g/mol. The maximum Gasteiger partial charge on any atom is 0.232 e. The van der Waals surface area contributed by atoms with Crippen molar-refractivity contribution in [2.75, 3.05) is 18.1 Å². The maximum absolute atomic E-state index is 12.8. The van der Waals surface area contributed by atoms with Gasteiger partial charge in [0.1, 0.15) is 0 Å². The van der Waals surface area contributed by atoms with Crippen LogP contribution < -0.4 is 4.90 Å². The first-order chi connectivity index (χ1) is 9.72. The van der Waals surface area contributed by atoms with Crippen LogP contribution in [0.5, 0.6) is 0 Å². The summed E-state index contributed by atoms with van der Waals surface area (Å²) < 4.78 is 5.64. The molecule has 1 aromatic rings. The number of carbonyl (C=O) groups is 1. The van der Waals surface area contributed by atoms with E-state index in [2.05, 4.69) is 6.92 Å². The van der Waals surface area contributed by atoms with Crippen LogP contribution in [0.1, 0.15) is 37.9 Å². The zero-order chi connectivity index (χ0) is 14.1. The number of carbonyl (C=O) groups excluding carboxylic acids is 1. The smallest absolute Gasteiger partial charge is 0.232 e. The SMILES string of the molecule is CCC1OCCC1C(=O)N1CCC(O)c2ccccc21. The molecule has 1 saturated heterocycles. The first-order valence-electron chi connectivity index (χ1n) is 7.42. The summed E-state index contributed by atoms with van der Waals surface area (Å²) in [5, 5.41) is 10.1. The van der Waals surface area contributed by atoms with Gasteiger partial charge in [-0.3, -0.25) is 4.79 Å². The summed E-state index contributed by atoms with van der Waals surface area (Å²) in [6.45, 7) is 3.32. The second-order valence-corrected chi connectivity index (χ2v) is 5.57. The van der Waals surface area contributed by atoms with E-state index < -0.39 is 6.10 Å². The lowest BCUT2D eigenvalue weighted by Crippen LogP contribution is -2.42. The van der Waals surface area contributed by atoms with Gasteiger partial charge in [-0.05, 0) is 25.3 Å². The van der Waals surface area contributed by atoms with Crippen molar-refractivity contribution in [1.82, 2.24) is 0 Å². The summed E-state index contributed by atoms with van der Waals surface area (Å²) in [5.74, 6) is 0.108. The average Bonchev–Trinajstić information content (AvgIpc) is 2.96. The molecule has 0 spiro atoms. The Kier molecular flexibility index (Phi) is 3.76. The van der Waals surface area contributed by atoms with Crippen LogP contribution in [0.25, 0.3) is 0 Å². The van der Waals surface area contributed by atoms with Crippen LogP contribution >= 0.6 is 0 Å². The van der Waals surface area contributed by atoms with E-state index in [0.717, 1.165) is 24.1 Å². The number of anilines is 1. The first kappa shape index (κ1) is 13.6. The van der Waals surface area contributed by atoms with E-state index in [4.69, 9.17) is 4.74 Å². The molecule has 3 unspecified atom stereocenters. The predicted molar refractivity (Wildman–Crippen MR) is 76.5 cm³/mol. The van der Waals surface area contributed by atoms with Gasteiger partial charge in [-0.25, -0.2) is 0 Å².